The van der Waals surface area contributed by atoms with Gasteiger partial charge in [0.1, 0.15) is 10.8 Å². The van der Waals surface area contributed by atoms with Gasteiger partial charge in [-0.05, 0) is 36.8 Å². The van der Waals surface area contributed by atoms with E-state index in [2.05, 4.69) is 4.98 Å². The molecule has 24 heavy (non-hydrogen) atoms. The molecule has 1 saturated heterocycles. The third kappa shape index (κ3) is 2.96. The standard InChI is InChI=1S/C18H20FN3OS/c19-13-3-1-2-11(6-13)18-21-14(10-24-18)7-17(23)22-8-12-4-5-16(20)15(12)9-22/h1-3,6,10,12,15-16H,4-5,7-9,20H2. The minimum Gasteiger partial charge on any atom is -0.342 e. The molecule has 1 saturated carbocycles. The number of carbonyl (C=O) groups excluding carboxylic acids is 1. The third-order valence-corrected chi connectivity index (χ3v) is 6.16. The molecule has 3 unspecified atom stereocenters. The highest BCUT2D eigenvalue weighted by Crippen LogP contribution is 2.37. The van der Waals surface area contributed by atoms with Crippen molar-refractivity contribution in [3.8, 4) is 10.6 Å². The summed E-state index contributed by atoms with van der Waals surface area (Å²) in [5.74, 6) is 0.877. The van der Waals surface area contributed by atoms with Gasteiger partial charge in [0.15, 0.2) is 0 Å². The Bertz CT molecular complexity index is 762. The maximum atomic E-state index is 13.3. The first-order chi connectivity index (χ1) is 11.6. The summed E-state index contributed by atoms with van der Waals surface area (Å²) >= 11 is 1.44. The van der Waals surface area contributed by atoms with Crippen LogP contribution in [-0.2, 0) is 11.2 Å². The molecule has 3 atom stereocenters. The second-order valence-corrected chi connectivity index (χ2v) is 7.65. The second-order valence-electron chi connectivity index (χ2n) is 6.79. The molecule has 126 valence electrons. The number of likely N-dealkylation sites (tertiary alicyclic amines) is 1. The predicted molar refractivity (Wildman–Crippen MR) is 92.0 cm³/mol. The van der Waals surface area contributed by atoms with Crippen LogP contribution < -0.4 is 5.73 Å². The van der Waals surface area contributed by atoms with Crippen LogP contribution in [0, 0.1) is 17.7 Å². The minimum absolute atomic E-state index is 0.118. The molecule has 6 heteroatoms. The van der Waals surface area contributed by atoms with Gasteiger partial charge in [-0.2, -0.15) is 0 Å². The molecule has 2 heterocycles. The number of aromatic nitrogens is 1. The number of rotatable bonds is 3. The smallest absolute Gasteiger partial charge is 0.228 e. The van der Waals surface area contributed by atoms with Gasteiger partial charge in [0.05, 0.1) is 12.1 Å². The van der Waals surface area contributed by atoms with Gasteiger partial charge in [-0.3, -0.25) is 4.79 Å². The van der Waals surface area contributed by atoms with Crippen molar-refractivity contribution in [2.24, 2.45) is 17.6 Å². The van der Waals surface area contributed by atoms with Crippen molar-refractivity contribution in [3.63, 3.8) is 0 Å². The molecule has 1 aromatic heterocycles. The lowest BCUT2D eigenvalue weighted by Crippen LogP contribution is -2.34. The number of nitrogens with two attached hydrogens (primary N) is 1. The largest absolute Gasteiger partial charge is 0.342 e. The van der Waals surface area contributed by atoms with E-state index in [-0.39, 0.29) is 17.8 Å². The molecule has 2 aromatic rings. The monoisotopic (exact) mass is 345 g/mol. The van der Waals surface area contributed by atoms with Crippen molar-refractivity contribution in [1.82, 2.24) is 9.88 Å². The van der Waals surface area contributed by atoms with Crippen LogP contribution in [0.3, 0.4) is 0 Å². The normalized spacial score (nSPS) is 25.9. The number of hydrogen-bond donors (Lipinski definition) is 1. The van der Waals surface area contributed by atoms with E-state index < -0.39 is 0 Å². The molecule has 1 amide bonds. The Labute approximate surface area is 144 Å². The highest BCUT2D eigenvalue weighted by molar-refractivity contribution is 7.13. The van der Waals surface area contributed by atoms with Crippen molar-refractivity contribution in [2.75, 3.05) is 13.1 Å². The zero-order valence-electron chi connectivity index (χ0n) is 13.3. The summed E-state index contributed by atoms with van der Waals surface area (Å²) in [4.78, 5) is 19.0. The van der Waals surface area contributed by atoms with E-state index in [1.54, 1.807) is 6.07 Å². The maximum Gasteiger partial charge on any atom is 0.228 e. The van der Waals surface area contributed by atoms with Crippen LogP contribution in [0.1, 0.15) is 18.5 Å². The number of hydrogen-bond acceptors (Lipinski definition) is 4. The molecule has 2 N–H and O–H groups in total. The van der Waals surface area contributed by atoms with Crippen LogP contribution in [0.2, 0.25) is 0 Å². The molecule has 0 bridgehead atoms. The fraction of sp³-hybridized carbons (Fsp3) is 0.444. The minimum atomic E-state index is -0.278. The number of carbonyl (C=O) groups is 1. The average Bonchev–Trinajstić information content (AvgIpc) is 3.25. The first kappa shape index (κ1) is 15.7. The average molecular weight is 345 g/mol. The molecule has 4 nitrogen and oxygen atoms in total. The first-order valence-electron chi connectivity index (χ1n) is 8.34. The summed E-state index contributed by atoms with van der Waals surface area (Å²) in [5, 5.41) is 2.64. The van der Waals surface area contributed by atoms with Gasteiger partial charge >= 0.3 is 0 Å². The maximum absolute atomic E-state index is 13.3. The molecule has 0 spiro atoms. The van der Waals surface area contributed by atoms with E-state index in [0.29, 0.717) is 18.3 Å². The van der Waals surface area contributed by atoms with Gasteiger partial charge in [0.2, 0.25) is 5.91 Å². The van der Waals surface area contributed by atoms with Gasteiger partial charge in [-0.25, -0.2) is 9.37 Å². The molecule has 2 aliphatic rings. The van der Waals surface area contributed by atoms with Crippen molar-refractivity contribution in [2.45, 2.75) is 25.3 Å². The molecule has 2 fully saturated rings. The molecule has 0 radical (unpaired) electrons. The molecule has 1 aliphatic heterocycles. The van der Waals surface area contributed by atoms with Crippen LogP contribution in [0.25, 0.3) is 10.6 Å². The topological polar surface area (TPSA) is 59.2 Å². The van der Waals surface area contributed by atoms with E-state index in [1.807, 2.05) is 16.3 Å². The molecule has 4 rings (SSSR count). The summed E-state index contributed by atoms with van der Waals surface area (Å²) < 4.78 is 13.3. The summed E-state index contributed by atoms with van der Waals surface area (Å²) in [5.41, 5.74) is 7.64. The number of thiazole rings is 1. The van der Waals surface area contributed by atoms with Crippen LogP contribution in [0.5, 0.6) is 0 Å². The Morgan fingerprint density at radius 2 is 2.25 bits per heavy atom. The Morgan fingerprint density at radius 3 is 3.04 bits per heavy atom. The van der Waals surface area contributed by atoms with Gasteiger partial charge < -0.3 is 10.6 Å². The summed E-state index contributed by atoms with van der Waals surface area (Å²) in [6.07, 6.45) is 2.52. The second kappa shape index (κ2) is 6.26. The van der Waals surface area contributed by atoms with Crippen LogP contribution in [-0.4, -0.2) is 34.9 Å². The van der Waals surface area contributed by atoms with E-state index in [0.717, 1.165) is 42.2 Å². The van der Waals surface area contributed by atoms with E-state index in [9.17, 15) is 9.18 Å². The van der Waals surface area contributed by atoms with Crippen LogP contribution in [0.4, 0.5) is 4.39 Å². The number of benzene rings is 1. The molecule has 1 aromatic carbocycles. The zero-order chi connectivity index (χ0) is 16.7. The van der Waals surface area contributed by atoms with Crippen molar-refractivity contribution in [1.29, 1.82) is 0 Å². The van der Waals surface area contributed by atoms with Gasteiger partial charge in [0.25, 0.3) is 0 Å². The zero-order valence-corrected chi connectivity index (χ0v) is 14.1. The Balaban J connectivity index is 1.42. The SMILES string of the molecule is NC1CCC2CN(C(=O)Cc3csc(-c4cccc(F)c4)n3)CC12. The fourth-order valence-corrected chi connectivity index (χ4v) is 4.74. The third-order valence-electron chi connectivity index (χ3n) is 5.22. The fourth-order valence-electron chi connectivity index (χ4n) is 3.92. The van der Waals surface area contributed by atoms with Crippen LogP contribution in [0.15, 0.2) is 29.6 Å². The van der Waals surface area contributed by atoms with Crippen molar-refractivity contribution >= 4 is 17.2 Å². The Hall–Kier alpha value is -1.79. The number of amides is 1. The van der Waals surface area contributed by atoms with E-state index in [4.69, 9.17) is 5.73 Å². The lowest BCUT2D eigenvalue weighted by Gasteiger charge is -2.18. The van der Waals surface area contributed by atoms with E-state index >= 15 is 0 Å². The number of fused-ring (bicyclic) bond motifs is 1. The number of halogens is 1. The summed E-state index contributed by atoms with van der Waals surface area (Å²) in [6.45, 7) is 1.61. The van der Waals surface area contributed by atoms with E-state index in [1.165, 1.54) is 23.5 Å². The number of nitrogens with zero attached hydrogens (tertiary/aromatic N) is 2. The van der Waals surface area contributed by atoms with Gasteiger partial charge in [0, 0.05) is 30.1 Å². The highest BCUT2D eigenvalue weighted by Gasteiger charge is 2.42. The van der Waals surface area contributed by atoms with Gasteiger partial charge in [-0.1, -0.05) is 12.1 Å². The Kier molecular flexibility index (Phi) is 4.10. The molecular weight excluding hydrogens is 325 g/mol. The summed E-state index contributed by atoms with van der Waals surface area (Å²) in [6, 6.07) is 6.62. The summed E-state index contributed by atoms with van der Waals surface area (Å²) in [7, 11) is 0. The quantitative estimate of drug-likeness (QED) is 0.930. The Morgan fingerprint density at radius 1 is 1.38 bits per heavy atom. The lowest BCUT2D eigenvalue weighted by molar-refractivity contribution is -0.129. The lowest BCUT2D eigenvalue weighted by atomic mass is 9.98. The predicted octanol–water partition coefficient (Wildman–Crippen LogP) is 2.69. The van der Waals surface area contributed by atoms with Crippen LogP contribution >= 0.6 is 11.3 Å². The molecule has 1 aliphatic carbocycles. The van der Waals surface area contributed by atoms with Crippen molar-refractivity contribution < 1.29 is 9.18 Å². The first-order valence-corrected chi connectivity index (χ1v) is 9.22. The molecular formula is C18H20FN3OS. The van der Waals surface area contributed by atoms with Gasteiger partial charge in [-0.15, -0.1) is 11.3 Å². The highest BCUT2D eigenvalue weighted by atomic mass is 32.1. The van der Waals surface area contributed by atoms with Crippen molar-refractivity contribution in [3.05, 3.63) is 41.2 Å².